The Kier molecular flexibility index (Phi) is 5.51. The van der Waals surface area contributed by atoms with Gasteiger partial charge in [0.05, 0.1) is 6.04 Å². The van der Waals surface area contributed by atoms with Crippen molar-refractivity contribution in [1.29, 1.82) is 0 Å². The summed E-state index contributed by atoms with van der Waals surface area (Å²) in [4.78, 5) is 13.5. The van der Waals surface area contributed by atoms with Crippen LogP contribution in [-0.2, 0) is 4.79 Å². The molecule has 1 aromatic heterocycles. The highest BCUT2D eigenvalue weighted by Gasteiger charge is 2.18. The first-order valence-corrected chi connectivity index (χ1v) is 9.09. The number of amides is 1. The zero-order valence-corrected chi connectivity index (χ0v) is 15.2. The normalized spacial score (nSPS) is 11.8. The van der Waals surface area contributed by atoms with Gasteiger partial charge in [-0.15, -0.1) is 11.3 Å². The van der Waals surface area contributed by atoms with Gasteiger partial charge < -0.3 is 10.1 Å². The molecule has 0 bridgehead atoms. The third kappa shape index (κ3) is 4.48. The maximum absolute atomic E-state index is 12.4. The van der Waals surface area contributed by atoms with Crippen molar-refractivity contribution < 1.29 is 9.53 Å². The molecule has 3 rings (SSSR count). The van der Waals surface area contributed by atoms with Crippen LogP contribution in [0.2, 0.25) is 0 Å². The average Bonchev–Trinajstić information content (AvgIpc) is 3.14. The van der Waals surface area contributed by atoms with Gasteiger partial charge >= 0.3 is 0 Å². The second kappa shape index (κ2) is 7.99. The highest BCUT2D eigenvalue weighted by atomic mass is 32.1. The quantitative estimate of drug-likeness (QED) is 0.702. The van der Waals surface area contributed by atoms with Crippen LogP contribution in [-0.4, -0.2) is 12.5 Å². The van der Waals surface area contributed by atoms with E-state index in [1.165, 1.54) is 5.56 Å². The Bertz CT molecular complexity index is 825. The summed E-state index contributed by atoms with van der Waals surface area (Å²) < 4.78 is 5.66. The van der Waals surface area contributed by atoms with E-state index in [-0.39, 0.29) is 18.6 Å². The summed E-state index contributed by atoms with van der Waals surface area (Å²) in [5.41, 5.74) is 3.28. The van der Waals surface area contributed by atoms with E-state index in [4.69, 9.17) is 4.74 Å². The molecular weight excluding hydrogens is 330 g/mol. The first kappa shape index (κ1) is 17.2. The van der Waals surface area contributed by atoms with Crippen molar-refractivity contribution in [2.75, 3.05) is 6.61 Å². The summed E-state index contributed by atoms with van der Waals surface area (Å²) >= 11 is 1.63. The van der Waals surface area contributed by atoms with Crippen molar-refractivity contribution in [2.45, 2.75) is 19.9 Å². The SMILES string of the molecule is Cc1ccc(C(NC(=O)COc2ccccc2C)c2cccs2)cc1. The lowest BCUT2D eigenvalue weighted by Crippen LogP contribution is -2.33. The molecule has 3 aromatic rings. The van der Waals surface area contributed by atoms with Crippen molar-refractivity contribution in [2.24, 2.45) is 0 Å². The van der Waals surface area contributed by atoms with Gasteiger partial charge in [0.2, 0.25) is 0 Å². The van der Waals surface area contributed by atoms with E-state index >= 15 is 0 Å². The van der Waals surface area contributed by atoms with Gasteiger partial charge in [0.1, 0.15) is 5.75 Å². The maximum Gasteiger partial charge on any atom is 0.258 e. The number of carbonyl (C=O) groups excluding carboxylic acids is 1. The molecule has 25 heavy (non-hydrogen) atoms. The van der Waals surface area contributed by atoms with E-state index in [9.17, 15) is 4.79 Å². The number of thiophene rings is 1. The Morgan fingerprint density at radius 1 is 1.04 bits per heavy atom. The minimum atomic E-state index is -0.159. The molecule has 0 fully saturated rings. The Morgan fingerprint density at radius 2 is 1.80 bits per heavy atom. The summed E-state index contributed by atoms with van der Waals surface area (Å²) in [6.45, 7) is 4.02. The summed E-state index contributed by atoms with van der Waals surface area (Å²) in [5.74, 6) is 0.600. The topological polar surface area (TPSA) is 38.3 Å². The number of rotatable bonds is 6. The molecule has 2 aromatic carbocycles. The minimum Gasteiger partial charge on any atom is -0.484 e. The number of aryl methyl sites for hydroxylation is 2. The molecule has 3 nitrogen and oxygen atoms in total. The zero-order chi connectivity index (χ0) is 17.6. The predicted molar refractivity (Wildman–Crippen MR) is 102 cm³/mol. The number of nitrogens with one attached hydrogen (secondary N) is 1. The molecule has 1 amide bonds. The summed E-state index contributed by atoms with van der Waals surface area (Å²) in [6.07, 6.45) is 0. The van der Waals surface area contributed by atoms with Crippen LogP contribution in [0, 0.1) is 13.8 Å². The standard InChI is InChI=1S/C21H21NO2S/c1-15-9-11-17(12-10-15)21(19-8-5-13-25-19)22-20(23)14-24-18-7-4-3-6-16(18)2/h3-13,21H,14H2,1-2H3,(H,22,23). The fourth-order valence-electron chi connectivity index (χ4n) is 2.60. The summed E-state index contributed by atoms with van der Waals surface area (Å²) in [7, 11) is 0. The fraction of sp³-hybridized carbons (Fsp3) is 0.190. The molecule has 0 radical (unpaired) electrons. The molecule has 0 saturated heterocycles. The first-order chi connectivity index (χ1) is 12.1. The molecule has 0 aliphatic carbocycles. The van der Waals surface area contributed by atoms with Gasteiger partial charge in [-0.1, -0.05) is 54.1 Å². The highest BCUT2D eigenvalue weighted by molar-refractivity contribution is 7.10. The Hall–Kier alpha value is -2.59. The molecular formula is C21H21NO2S. The third-order valence-electron chi connectivity index (χ3n) is 4.00. The number of ether oxygens (including phenoxy) is 1. The van der Waals surface area contributed by atoms with Gasteiger partial charge in [0.15, 0.2) is 6.61 Å². The lowest BCUT2D eigenvalue weighted by molar-refractivity contribution is -0.123. The minimum absolute atomic E-state index is 0.00140. The molecule has 0 spiro atoms. The lowest BCUT2D eigenvalue weighted by atomic mass is 10.0. The van der Waals surface area contributed by atoms with Crippen LogP contribution in [0.3, 0.4) is 0 Å². The number of benzene rings is 2. The van der Waals surface area contributed by atoms with E-state index in [1.54, 1.807) is 11.3 Å². The van der Waals surface area contributed by atoms with Crippen molar-refractivity contribution in [3.63, 3.8) is 0 Å². The van der Waals surface area contributed by atoms with E-state index in [2.05, 4.69) is 36.5 Å². The first-order valence-electron chi connectivity index (χ1n) is 8.21. The Labute approximate surface area is 152 Å². The van der Waals surface area contributed by atoms with Crippen LogP contribution in [0.25, 0.3) is 0 Å². The molecule has 1 N–H and O–H groups in total. The van der Waals surface area contributed by atoms with Crippen molar-refractivity contribution in [3.05, 3.63) is 87.6 Å². The van der Waals surface area contributed by atoms with Gasteiger partial charge in [-0.05, 0) is 42.5 Å². The maximum atomic E-state index is 12.4. The largest absolute Gasteiger partial charge is 0.484 e. The molecule has 0 aliphatic heterocycles. The fourth-order valence-corrected chi connectivity index (χ4v) is 3.40. The van der Waals surface area contributed by atoms with E-state index in [0.29, 0.717) is 0 Å². The molecule has 1 atom stereocenters. The predicted octanol–water partition coefficient (Wildman–Crippen LogP) is 4.65. The highest BCUT2D eigenvalue weighted by Crippen LogP contribution is 2.26. The Morgan fingerprint density at radius 3 is 2.48 bits per heavy atom. The summed E-state index contributed by atoms with van der Waals surface area (Å²) in [5, 5.41) is 5.11. The van der Waals surface area contributed by atoms with Crippen LogP contribution in [0.5, 0.6) is 5.75 Å². The van der Waals surface area contributed by atoms with E-state index in [1.807, 2.05) is 48.7 Å². The number of carbonyl (C=O) groups is 1. The van der Waals surface area contributed by atoms with Crippen molar-refractivity contribution in [1.82, 2.24) is 5.32 Å². The molecule has 0 aliphatic rings. The van der Waals surface area contributed by atoms with Gasteiger partial charge in [0.25, 0.3) is 5.91 Å². The van der Waals surface area contributed by atoms with Crippen LogP contribution in [0.15, 0.2) is 66.0 Å². The third-order valence-corrected chi connectivity index (χ3v) is 4.93. The van der Waals surface area contributed by atoms with Crippen LogP contribution in [0.4, 0.5) is 0 Å². The van der Waals surface area contributed by atoms with E-state index < -0.39 is 0 Å². The second-order valence-corrected chi connectivity index (χ2v) is 6.96. The van der Waals surface area contributed by atoms with Gasteiger partial charge in [-0.25, -0.2) is 0 Å². The molecule has 128 valence electrons. The van der Waals surface area contributed by atoms with Gasteiger partial charge in [-0.3, -0.25) is 4.79 Å². The zero-order valence-electron chi connectivity index (χ0n) is 14.4. The van der Waals surface area contributed by atoms with Crippen LogP contribution < -0.4 is 10.1 Å². The number of para-hydroxylation sites is 1. The molecule has 4 heteroatoms. The van der Waals surface area contributed by atoms with Crippen molar-refractivity contribution in [3.8, 4) is 5.75 Å². The van der Waals surface area contributed by atoms with Gasteiger partial charge in [0, 0.05) is 4.88 Å². The van der Waals surface area contributed by atoms with Crippen LogP contribution >= 0.6 is 11.3 Å². The van der Waals surface area contributed by atoms with Crippen molar-refractivity contribution >= 4 is 17.2 Å². The average molecular weight is 351 g/mol. The lowest BCUT2D eigenvalue weighted by Gasteiger charge is -2.19. The monoisotopic (exact) mass is 351 g/mol. The Balaban J connectivity index is 1.71. The second-order valence-electron chi connectivity index (χ2n) is 5.98. The van der Waals surface area contributed by atoms with E-state index in [0.717, 1.165) is 21.8 Å². The smallest absolute Gasteiger partial charge is 0.258 e. The molecule has 0 saturated carbocycles. The van der Waals surface area contributed by atoms with Gasteiger partial charge in [-0.2, -0.15) is 0 Å². The van der Waals surface area contributed by atoms with Crippen LogP contribution in [0.1, 0.15) is 27.6 Å². The number of hydrogen-bond acceptors (Lipinski definition) is 3. The molecule has 1 heterocycles. The molecule has 1 unspecified atom stereocenters. The summed E-state index contributed by atoms with van der Waals surface area (Å²) in [6, 6.07) is 19.8. The number of hydrogen-bond donors (Lipinski definition) is 1.